The molecule has 1 aromatic heterocycles. The van der Waals surface area contributed by atoms with Gasteiger partial charge in [0.15, 0.2) is 0 Å². The molecule has 2 rings (SSSR count). The van der Waals surface area contributed by atoms with Crippen molar-refractivity contribution in [3.63, 3.8) is 0 Å². The summed E-state index contributed by atoms with van der Waals surface area (Å²) >= 11 is 0. The Morgan fingerprint density at radius 1 is 1.41 bits per heavy atom. The quantitative estimate of drug-likeness (QED) is 0.775. The molecule has 0 bridgehead atoms. The number of nitrogen functional groups attached to an aromatic ring is 1. The normalized spacial score (nSPS) is 9.82. The third-order valence-corrected chi connectivity index (χ3v) is 2.44. The van der Waals surface area contributed by atoms with Crippen molar-refractivity contribution in [3.8, 4) is 6.07 Å². The van der Waals surface area contributed by atoms with Gasteiger partial charge in [-0.25, -0.2) is 0 Å². The second-order valence-corrected chi connectivity index (χ2v) is 3.57. The van der Waals surface area contributed by atoms with Crippen molar-refractivity contribution >= 4 is 11.4 Å². The van der Waals surface area contributed by atoms with Crippen LogP contribution in [0.1, 0.15) is 5.56 Å². The molecule has 0 aliphatic carbocycles. The van der Waals surface area contributed by atoms with Crippen LogP contribution in [-0.2, 0) is 6.54 Å². The van der Waals surface area contributed by atoms with Crippen LogP contribution in [0.2, 0.25) is 0 Å². The van der Waals surface area contributed by atoms with E-state index in [9.17, 15) is 0 Å². The number of nitriles is 1. The van der Waals surface area contributed by atoms with E-state index in [2.05, 4.69) is 16.5 Å². The molecule has 1 aromatic carbocycles. The van der Waals surface area contributed by atoms with E-state index in [1.807, 2.05) is 29.1 Å². The molecule has 5 nitrogen and oxygen atoms in total. The Balaban J connectivity index is 1.98. The lowest BCUT2D eigenvalue weighted by Crippen LogP contribution is -2.12. The average Bonchev–Trinajstić information content (AvgIpc) is 2.84. The molecule has 0 atom stereocenters. The Labute approximate surface area is 99.5 Å². The Kier molecular flexibility index (Phi) is 3.26. The number of aromatic nitrogens is 2. The van der Waals surface area contributed by atoms with Gasteiger partial charge in [0.25, 0.3) is 0 Å². The van der Waals surface area contributed by atoms with E-state index in [0.29, 0.717) is 17.8 Å². The lowest BCUT2D eigenvalue weighted by molar-refractivity contribution is 0.638. The summed E-state index contributed by atoms with van der Waals surface area (Å²) in [5, 5.41) is 16.1. The summed E-state index contributed by atoms with van der Waals surface area (Å²) in [6.07, 6.45) is 3.64. The number of para-hydroxylation sites is 1. The summed E-state index contributed by atoms with van der Waals surface area (Å²) < 4.78 is 1.83. The molecule has 0 saturated heterocycles. The number of nitrogens with zero attached hydrogens (tertiary/aromatic N) is 3. The van der Waals surface area contributed by atoms with Crippen LogP contribution >= 0.6 is 0 Å². The van der Waals surface area contributed by atoms with Crippen LogP contribution in [0.25, 0.3) is 0 Å². The molecule has 0 aliphatic rings. The van der Waals surface area contributed by atoms with Crippen molar-refractivity contribution in [1.82, 2.24) is 9.78 Å². The largest absolute Gasteiger partial charge is 0.396 e. The highest BCUT2D eigenvalue weighted by Crippen LogP contribution is 2.21. The molecule has 3 N–H and O–H groups in total. The molecule has 0 amide bonds. The molecule has 0 aliphatic heterocycles. The molecule has 5 heteroatoms. The number of nitrogens with one attached hydrogen (secondary N) is 1. The van der Waals surface area contributed by atoms with Crippen LogP contribution in [-0.4, -0.2) is 16.3 Å². The van der Waals surface area contributed by atoms with Gasteiger partial charge in [-0.2, -0.15) is 10.4 Å². The number of nitrogens with two attached hydrogens (primary N) is 1. The fourth-order valence-corrected chi connectivity index (χ4v) is 1.55. The molecule has 2 aromatic rings. The molecule has 0 spiro atoms. The molecule has 86 valence electrons. The average molecular weight is 227 g/mol. The van der Waals surface area contributed by atoms with E-state index < -0.39 is 0 Å². The van der Waals surface area contributed by atoms with E-state index in [1.54, 1.807) is 12.3 Å². The van der Waals surface area contributed by atoms with Gasteiger partial charge >= 0.3 is 0 Å². The zero-order valence-electron chi connectivity index (χ0n) is 9.30. The van der Waals surface area contributed by atoms with Crippen LogP contribution in [0.4, 0.5) is 11.4 Å². The molecule has 0 fully saturated rings. The van der Waals surface area contributed by atoms with Gasteiger partial charge in [-0.3, -0.25) is 4.68 Å². The summed E-state index contributed by atoms with van der Waals surface area (Å²) in [4.78, 5) is 0. The second kappa shape index (κ2) is 5.03. The van der Waals surface area contributed by atoms with Crippen molar-refractivity contribution in [2.24, 2.45) is 0 Å². The first-order chi connectivity index (χ1) is 8.31. The Morgan fingerprint density at radius 3 is 3.00 bits per heavy atom. The Bertz CT molecular complexity index is 524. The third kappa shape index (κ3) is 2.55. The minimum atomic E-state index is 0.495. The first-order valence-corrected chi connectivity index (χ1v) is 5.31. The molecule has 1 heterocycles. The molecular weight excluding hydrogens is 214 g/mol. The van der Waals surface area contributed by atoms with E-state index in [-0.39, 0.29) is 0 Å². The monoisotopic (exact) mass is 227 g/mol. The van der Waals surface area contributed by atoms with Gasteiger partial charge in [0.2, 0.25) is 0 Å². The number of hydrogen-bond donors (Lipinski definition) is 2. The molecular formula is C12H13N5. The minimum Gasteiger partial charge on any atom is -0.396 e. The summed E-state index contributed by atoms with van der Waals surface area (Å²) in [7, 11) is 0. The topological polar surface area (TPSA) is 79.7 Å². The van der Waals surface area contributed by atoms with Gasteiger partial charge in [0.05, 0.1) is 23.5 Å². The first-order valence-electron chi connectivity index (χ1n) is 5.31. The number of anilines is 2. The Morgan fingerprint density at radius 2 is 2.29 bits per heavy atom. The smallest absolute Gasteiger partial charge is 0.101 e. The maximum Gasteiger partial charge on any atom is 0.101 e. The third-order valence-electron chi connectivity index (χ3n) is 2.44. The summed E-state index contributed by atoms with van der Waals surface area (Å²) in [5.41, 5.74) is 7.62. The zero-order valence-corrected chi connectivity index (χ0v) is 9.30. The molecule has 0 unspecified atom stereocenters. The summed E-state index contributed by atoms with van der Waals surface area (Å²) in [6.45, 7) is 1.46. The molecule has 0 saturated carbocycles. The Hall–Kier alpha value is -2.48. The highest BCUT2D eigenvalue weighted by atomic mass is 15.3. The number of rotatable bonds is 4. The fourth-order valence-electron chi connectivity index (χ4n) is 1.55. The SMILES string of the molecule is N#Cc1cccc(NCCn2cccn2)c1N. The number of benzene rings is 1. The van der Waals surface area contributed by atoms with Gasteiger partial charge in [-0.15, -0.1) is 0 Å². The minimum absolute atomic E-state index is 0.495. The summed E-state index contributed by atoms with van der Waals surface area (Å²) in [5.74, 6) is 0. The van der Waals surface area contributed by atoms with Crippen molar-refractivity contribution in [2.45, 2.75) is 6.54 Å². The van der Waals surface area contributed by atoms with Crippen LogP contribution in [0.5, 0.6) is 0 Å². The number of hydrogen-bond acceptors (Lipinski definition) is 4. The predicted molar refractivity (Wildman–Crippen MR) is 66.3 cm³/mol. The molecule has 17 heavy (non-hydrogen) atoms. The van der Waals surface area contributed by atoms with E-state index in [0.717, 1.165) is 12.2 Å². The van der Waals surface area contributed by atoms with E-state index >= 15 is 0 Å². The highest BCUT2D eigenvalue weighted by Gasteiger charge is 2.03. The van der Waals surface area contributed by atoms with E-state index in [4.69, 9.17) is 11.0 Å². The lowest BCUT2D eigenvalue weighted by atomic mass is 10.1. The molecule has 0 radical (unpaired) electrons. The van der Waals surface area contributed by atoms with Gasteiger partial charge in [-0.05, 0) is 18.2 Å². The van der Waals surface area contributed by atoms with Gasteiger partial charge < -0.3 is 11.1 Å². The van der Waals surface area contributed by atoms with Crippen molar-refractivity contribution in [2.75, 3.05) is 17.6 Å². The van der Waals surface area contributed by atoms with Crippen LogP contribution < -0.4 is 11.1 Å². The summed E-state index contributed by atoms with van der Waals surface area (Å²) in [6, 6.07) is 9.31. The van der Waals surface area contributed by atoms with Gasteiger partial charge in [0, 0.05) is 18.9 Å². The lowest BCUT2D eigenvalue weighted by Gasteiger charge is -2.10. The maximum atomic E-state index is 8.85. The second-order valence-electron chi connectivity index (χ2n) is 3.57. The predicted octanol–water partition coefficient (Wildman–Crippen LogP) is 1.45. The van der Waals surface area contributed by atoms with Crippen molar-refractivity contribution < 1.29 is 0 Å². The van der Waals surface area contributed by atoms with E-state index in [1.165, 1.54) is 0 Å². The maximum absolute atomic E-state index is 8.85. The standard InChI is InChI=1S/C12H13N5/c13-9-10-3-1-4-11(12(10)14)15-6-8-17-7-2-5-16-17/h1-5,7,15H,6,8,14H2. The van der Waals surface area contributed by atoms with Crippen LogP contribution in [0, 0.1) is 11.3 Å². The van der Waals surface area contributed by atoms with Crippen molar-refractivity contribution in [1.29, 1.82) is 5.26 Å². The first kappa shape index (κ1) is 11.0. The van der Waals surface area contributed by atoms with Crippen LogP contribution in [0.3, 0.4) is 0 Å². The van der Waals surface area contributed by atoms with Gasteiger partial charge in [-0.1, -0.05) is 6.07 Å². The zero-order chi connectivity index (χ0) is 12.1. The van der Waals surface area contributed by atoms with Crippen LogP contribution in [0.15, 0.2) is 36.7 Å². The van der Waals surface area contributed by atoms with Gasteiger partial charge in [0.1, 0.15) is 6.07 Å². The fraction of sp³-hybridized carbons (Fsp3) is 0.167. The van der Waals surface area contributed by atoms with Crippen molar-refractivity contribution in [3.05, 3.63) is 42.2 Å². The highest BCUT2D eigenvalue weighted by molar-refractivity contribution is 5.72.